The number of alkyl halides is 1. The zero-order valence-corrected chi connectivity index (χ0v) is 12.1. The van der Waals surface area contributed by atoms with E-state index in [2.05, 4.69) is 15.9 Å². The van der Waals surface area contributed by atoms with E-state index in [0.29, 0.717) is 10.9 Å². The van der Waals surface area contributed by atoms with Gasteiger partial charge >= 0.3 is 0 Å². The predicted molar refractivity (Wildman–Crippen MR) is 79.4 cm³/mol. The molecule has 0 saturated heterocycles. The predicted octanol–water partition coefficient (Wildman–Crippen LogP) is 3.36. The first-order chi connectivity index (χ1) is 9.01. The van der Waals surface area contributed by atoms with Crippen molar-refractivity contribution in [2.75, 3.05) is 0 Å². The van der Waals surface area contributed by atoms with Gasteiger partial charge < -0.3 is 10.8 Å². The van der Waals surface area contributed by atoms with Crippen LogP contribution in [0.25, 0.3) is 11.1 Å². The number of benzene rings is 2. The summed E-state index contributed by atoms with van der Waals surface area (Å²) in [6.45, 7) is 1.92. The van der Waals surface area contributed by atoms with Gasteiger partial charge in [-0.25, -0.2) is 0 Å². The molecule has 3 nitrogen and oxygen atoms in total. The average Bonchev–Trinajstić information content (AvgIpc) is 2.37. The second-order valence-corrected chi connectivity index (χ2v) is 4.98. The maximum absolute atomic E-state index is 11.1. The monoisotopic (exact) mass is 319 g/mol. The summed E-state index contributed by atoms with van der Waals surface area (Å²) in [5, 5.41) is 10.4. The number of primary amides is 1. The molecule has 3 N–H and O–H groups in total. The molecule has 0 atom stereocenters. The van der Waals surface area contributed by atoms with E-state index in [-0.39, 0.29) is 5.75 Å². The highest BCUT2D eigenvalue weighted by Gasteiger charge is 2.08. The van der Waals surface area contributed by atoms with E-state index in [1.165, 1.54) is 0 Å². The van der Waals surface area contributed by atoms with Crippen molar-refractivity contribution in [3.8, 4) is 16.9 Å². The van der Waals surface area contributed by atoms with Crippen molar-refractivity contribution in [1.82, 2.24) is 0 Å². The molecule has 0 aliphatic carbocycles. The Morgan fingerprint density at radius 2 is 2.00 bits per heavy atom. The minimum atomic E-state index is -0.438. The standard InChI is InChI=1S/C15H14BrNO2/c1-9-4-11(15(17)19)2-3-14(9)12-5-10(8-16)6-13(18)7-12/h2-7,18H,8H2,1H3,(H2,17,19). The van der Waals surface area contributed by atoms with E-state index in [1.54, 1.807) is 24.3 Å². The smallest absolute Gasteiger partial charge is 0.248 e. The molecule has 4 heteroatoms. The zero-order chi connectivity index (χ0) is 14.0. The van der Waals surface area contributed by atoms with Crippen LogP contribution in [0.5, 0.6) is 5.75 Å². The van der Waals surface area contributed by atoms with Crippen LogP contribution in [0.4, 0.5) is 0 Å². The Labute approximate surface area is 120 Å². The van der Waals surface area contributed by atoms with Crippen LogP contribution in [-0.4, -0.2) is 11.0 Å². The first kappa shape index (κ1) is 13.6. The lowest BCUT2D eigenvalue weighted by atomic mass is 9.97. The summed E-state index contributed by atoms with van der Waals surface area (Å²) in [7, 11) is 0. The molecule has 19 heavy (non-hydrogen) atoms. The molecule has 0 radical (unpaired) electrons. The highest BCUT2D eigenvalue weighted by Crippen LogP contribution is 2.29. The van der Waals surface area contributed by atoms with Gasteiger partial charge in [0.1, 0.15) is 5.75 Å². The highest BCUT2D eigenvalue weighted by molar-refractivity contribution is 9.08. The topological polar surface area (TPSA) is 63.3 Å². The van der Waals surface area contributed by atoms with Gasteiger partial charge in [-0.2, -0.15) is 0 Å². The van der Waals surface area contributed by atoms with Gasteiger partial charge in [0.2, 0.25) is 5.91 Å². The SMILES string of the molecule is Cc1cc(C(N)=O)ccc1-c1cc(O)cc(CBr)c1. The summed E-state index contributed by atoms with van der Waals surface area (Å²) in [6, 6.07) is 10.7. The average molecular weight is 320 g/mol. The zero-order valence-electron chi connectivity index (χ0n) is 10.5. The van der Waals surface area contributed by atoms with Crippen molar-refractivity contribution in [3.05, 3.63) is 53.1 Å². The van der Waals surface area contributed by atoms with E-state index in [9.17, 15) is 9.90 Å². The summed E-state index contributed by atoms with van der Waals surface area (Å²) < 4.78 is 0. The molecule has 0 heterocycles. The summed E-state index contributed by atoms with van der Waals surface area (Å²) >= 11 is 3.38. The Kier molecular flexibility index (Phi) is 3.90. The number of carbonyl (C=O) groups is 1. The number of hydrogen-bond acceptors (Lipinski definition) is 2. The number of nitrogens with two attached hydrogens (primary N) is 1. The Morgan fingerprint density at radius 1 is 1.26 bits per heavy atom. The molecular formula is C15H14BrNO2. The van der Waals surface area contributed by atoms with E-state index < -0.39 is 5.91 Å². The number of rotatable bonds is 3. The summed E-state index contributed by atoms with van der Waals surface area (Å²) in [5.74, 6) is -0.211. The number of phenolic OH excluding ortho intramolecular Hbond substituents is 1. The minimum Gasteiger partial charge on any atom is -0.508 e. The number of amides is 1. The van der Waals surface area contributed by atoms with Gasteiger partial charge in [-0.3, -0.25) is 4.79 Å². The number of aromatic hydroxyl groups is 1. The Bertz CT molecular complexity index is 638. The molecule has 0 unspecified atom stereocenters. The van der Waals surface area contributed by atoms with Crippen LogP contribution in [0.3, 0.4) is 0 Å². The van der Waals surface area contributed by atoms with Crippen molar-refractivity contribution in [3.63, 3.8) is 0 Å². The Hall–Kier alpha value is -1.81. The van der Waals surface area contributed by atoms with Gasteiger partial charge in [-0.1, -0.05) is 28.1 Å². The van der Waals surface area contributed by atoms with Gasteiger partial charge in [0.05, 0.1) is 0 Å². The number of aryl methyl sites for hydroxylation is 1. The molecule has 0 spiro atoms. The maximum Gasteiger partial charge on any atom is 0.248 e. The van der Waals surface area contributed by atoms with Gasteiger partial charge in [0.15, 0.2) is 0 Å². The van der Waals surface area contributed by atoms with Gasteiger partial charge in [-0.15, -0.1) is 0 Å². The van der Waals surface area contributed by atoms with Gasteiger partial charge in [0.25, 0.3) is 0 Å². The minimum absolute atomic E-state index is 0.227. The van der Waals surface area contributed by atoms with Crippen molar-refractivity contribution >= 4 is 21.8 Å². The Balaban J connectivity index is 2.53. The number of halogens is 1. The molecule has 2 aromatic carbocycles. The van der Waals surface area contributed by atoms with E-state index in [0.717, 1.165) is 22.3 Å². The molecule has 0 aromatic heterocycles. The number of hydrogen-bond donors (Lipinski definition) is 2. The quantitative estimate of drug-likeness (QED) is 0.852. The normalized spacial score (nSPS) is 10.4. The van der Waals surface area contributed by atoms with Crippen LogP contribution in [-0.2, 0) is 5.33 Å². The van der Waals surface area contributed by atoms with Crippen LogP contribution >= 0.6 is 15.9 Å². The van der Waals surface area contributed by atoms with E-state index >= 15 is 0 Å². The first-order valence-electron chi connectivity index (χ1n) is 5.81. The van der Waals surface area contributed by atoms with Crippen LogP contribution in [0.15, 0.2) is 36.4 Å². The van der Waals surface area contributed by atoms with Crippen molar-refractivity contribution in [2.24, 2.45) is 5.73 Å². The molecule has 1 amide bonds. The third kappa shape index (κ3) is 2.96. The fourth-order valence-corrected chi connectivity index (χ4v) is 2.37. The Morgan fingerprint density at radius 3 is 2.58 bits per heavy atom. The fourth-order valence-electron chi connectivity index (χ4n) is 2.05. The summed E-state index contributed by atoms with van der Waals surface area (Å²) in [6.07, 6.45) is 0. The largest absolute Gasteiger partial charge is 0.508 e. The van der Waals surface area contributed by atoms with Crippen LogP contribution in [0.2, 0.25) is 0 Å². The van der Waals surface area contributed by atoms with Crippen LogP contribution < -0.4 is 5.73 Å². The third-order valence-electron chi connectivity index (χ3n) is 2.95. The molecule has 0 aliphatic rings. The lowest BCUT2D eigenvalue weighted by molar-refractivity contribution is 0.1000. The molecule has 0 saturated carbocycles. The van der Waals surface area contributed by atoms with Crippen molar-refractivity contribution in [1.29, 1.82) is 0 Å². The maximum atomic E-state index is 11.1. The molecular weight excluding hydrogens is 306 g/mol. The fraction of sp³-hybridized carbons (Fsp3) is 0.133. The molecule has 2 rings (SSSR count). The molecule has 98 valence electrons. The van der Waals surface area contributed by atoms with Crippen LogP contribution in [0, 0.1) is 6.92 Å². The lowest BCUT2D eigenvalue weighted by Crippen LogP contribution is -2.10. The van der Waals surface area contributed by atoms with Crippen molar-refractivity contribution in [2.45, 2.75) is 12.3 Å². The molecule has 0 bridgehead atoms. The van der Waals surface area contributed by atoms with Crippen LogP contribution in [0.1, 0.15) is 21.5 Å². The third-order valence-corrected chi connectivity index (χ3v) is 3.60. The van der Waals surface area contributed by atoms with E-state index in [4.69, 9.17) is 5.73 Å². The first-order valence-corrected chi connectivity index (χ1v) is 6.93. The van der Waals surface area contributed by atoms with Gasteiger partial charge in [0, 0.05) is 10.9 Å². The van der Waals surface area contributed by atoms with E-state index in [1.807, 2.05) is 19.1 Å². The number of carbonyl (C=O) groups excluding carboxylic acids is 1. The summed E-state index contributed by atoms with van der Waals surface area (Å²) in [5.41, 5.74) is 9.58. The second kappa shape index (κ2) is 5.45. The second-order valence-electron chi connectivity index (χ2n) is 4.42. The highest BCUT2D eigenvalue weighted by atomic mass is 79.9. The van der Waals surface area contributed by atoms with Crippen molar-refractivity contribution < 1.29 is 9.90 Å². The molecule has 0 fully saturated rings. The number of phenols is 1. The lowest BCUT2D eigenvalue weighted by Gasteiger charge is -2.09. The molecule has 2 aromatic rings. The van der Waals surface area contributed by atoms with Gasteiger partial charge in [-0.05, 0) is 53.4 Å². The molecule has 0 aliphatic heterocycles. The summed E-state index contributed by atoms with van der Waals surface area (Å²) in [4.78, 5) is 11.1.